The van der Waals surface area contributed by atoms with Gasteiger partial charge in [0.2, 0.25) is 5.91 Å². The van der Waals surface area contributed by atoms with Crippen molar-refractivity contribution in [1.29, 1.82) is 0 Å². The number of nitrogens with zero attached hydrogens (tertiary/aromatic N) is 2. The van der Waals surface area contributed by atoms with Gasteiger partial charge in [0.1, 0.15) is 5.75 Å². The van der Waals surface area contributed by atoms with Crippen LogP contribution in [0.15, 0.2) is 48.5 Å². The van der Waals surface area contributed by atoms with Gasteiger partial charge in [0.25, 0.3) is 11.6 Å². The van der Waals surface area contributed by atoms with Crippen LogP contribution >= 0.6 is 0 Å². The zero-order valence-corrected chi connectivity index (χ0v) is 13.9. The van der Waals surface area contributed by atoms with E-state index in [4.69, 9.17) is 4.74 Å². The molecular formula is C18H17N3O5. The molecule has 8 heteroatoms. The number of carbonyl (C=O) groups is 2. The molecule has 0 atom stereocenters. The summed E-state index contributed by atoms with van der Waals surface area (Å²) in [6, 6.07) is 12.7. The molecule has 1 fully saturated rings. The predicted molar refractivity (Wildman–Crippen MR) is 95.3 cm³/mol. The van der Waals surface area contributed by atoms with E-state index in [1.165, 1.54) is 18.2 Å². The summed E-state index contributed by atoms with van der Waals surface area (Å²) in [5.74, 6) is 0.107. The van der Waals surface area contributed by atoms with Crippen molar-refractivity contribution in [1.82, 2.24) is 0 Å². The molecule has 0 spiro atoms. The lowest BCUT2D eigenvalue weighted by molar-refractivity contribution is -0.384. The Bertz CT molecular complexity index is 852. The molecule has 2 aromatic carbocycles. The molecule has 3 rings (SSSR count). The second kappa shape index (κ2) is 7.64. The van der Waals surface area contributed by atoms with Crippen molar-refractivity contribution in [3.05, 3.63) is 58.6 Å². The summed E-state index contributed by atoms with van der Waals surface area (Å²) in [4.78, 5) is 35.7. The van der Waals surface area contributed by atoms with Crippen LogP contribution in [0.1, 0.15) is 12.8 Å². The summed E-state index contributed by atoms with van der Waals surface area (Å²) < 4.78 is 5.47. The highest BCUT2D eigenvalue weighted by molar-refractivity contribution is 5.95. The number of nitro groups is 1. The molecule has 0 radical (unpaired) electrons. The van der Waals surface area contributed by atoms with E-state index in [0.717, 1.165) is 12.1 Å². The average Bonchev–Trinajstić information content (AvgIpc) is 3.06. The highest BCUT2D eigenvalue weighted by Gasteiger charge is 2.21. The van der Waals surface area contributed by atoms with Crippen LogP contribution < -0.4 is 15.0 Å². The van der Waals surface area contributed by atoms with Crippen LogP contribution in [0.25, 0.3) is 0 Å². The summed E-state index contributed by atoms with van der Waals surface area (Å²) in [6.07, 6.45) is 1.37. The summed E-state index contributed by atoms with van der Waals surface area (Å²) in [5.41, 5.74) is 0.958. The van der Waals surface area contributed by atoms with Gasteiger partial charge in [-0.05, 0) is 24.6 Å². The molecule has 1 saturated heterocycles. The Hall–Kier alpha value is -3.42. The van der Waals surface area contributed by atoms with Gasteiger partial charge in [-0.1, -0.05) is 12.1 Å². The zero-order chi connectivity index (χ0) is 18.5. The lowest BCUT2D eigenvalue weighted by Crippen LogP contribution is -2.24. The van der Waals surface area contributed by atoms with Crippen molar-refractivity contribution in [2.24, 2.45) is 0 Å². The van der Waals surface area contributed by atoms with Gasteiger partial charge in [-0.15, -0.1) is 0 Å². The minimum atomic E-state index is -0.530. The Morgan fingerprint density at radius 2 is 2.04 bits per heavy atom. The van der Waals surface area contributed by atoms with Crippen LogP contribution in [0.3, 0.4) is 0 Å². The number of hydrogen-bond donors (Lipinski definition) is 1. The first-order valence-electron chi connectivity index (χ1n) is 8.10. The van der Waals surface area contributed by atoms with Crippen LogP contribution in [-0.2, 0) is 9.59 Å². The molecule has 0 unspecified atom stereocenters. The van der Waals surface area contributed by atoms with E-state index in [-0.39, 0.29) is 18.2 Å². The largest absolute Gasteiger partial charge is 0.484 e. The Morgan fingerprint density at radius 1 is 1.23 bits per heavy atom. The molecule has 0 bridgehead atoms. The molecule has 2 aromatic rings. The molecule has 0 saturated carbocycles. The lowest BCUT2D eigenvalue weighted by atomic mass is 10.2. The number of hydrogen-bond acceptors (Lipinski definition) is 5. The van der Waals surface area contributed by atoms with Gasteiger partial charge in [0.15, 0.2) is 6.61 Å². The Morgan fingerprint density at radius 3 is 2.77 bits per heavy atom. The van der Waals surface area contributed by atoms with Gasteiger partial charge in [-0.25, -0.2) is 0 Å². The molecule has 2 amide bonds. The number of carbonyl (C=O) groups excluding carboxylic acids is 2. The predicted octanol–water partition coefficient (Wildman–Crippen LogP) is 2.74. The Balaban J connectivity index is 1.59. The van der Waals surface area contributed by atoms with E-state index in [0.29, 0.717) is 24.4 Å². The molecular weight excluding hydrogens is 338 g/mol. The lowest BCUT2D eigenvalue weighted by Gasteiger charge is -2.16. The van der Waals surface area contributed by atoms with E-state index in [1.807, 2.05) is 6.07 Å². The fraction of sp³-hybridized carbons (Fsp3) is 0.222. The highest BCUT2D eigenvalue weighted by atomic mass is 16.6. The van der Waals surface area contributed by atoms with E-state index in [2.05, 4.69) is 5.32 Å². The minimum absolute atomic E-state index is 0.0746. The van der Waals surface area contributed by atoms with E-state index in [1.54, 1.807) is 29.2 Å². The van der Waals surface area contributed by atoms with Gasteiger partial charge in [0.05, 0.1) is 4.92 Å². The van der Waals surface area contributed by atoms with Gasteiger partial charge in [0, 0.05) is 42.5 Å². The number of anilines is 2. The number of benzene rings is 2. The average molecular weight is 355 g/mol. The smallest absolute Gasteiger partial charge is 0.271 e. The van der Waals surface area contributed by atoms with Crippen molar-refractivity contribution in [2.45, 2.75) is 12.8 Å². The normalized spacial score (nSPS) is 13.5. The first-order valence-corrected chi connectivity index (χ1v) is 8.10. The van der Waals surface area contributed by atoms with Gasteiger partial charge in [-0.2, -0.15) is 0 Å². The van der Waals surface area contributed by atoms with Crippen LogP contribution in [0.4, 0.5) is 17.1 Å². The summed E-state index contributed by atoms with van der Waals surface area (Å²) in [5, 5.41) is 13.3. The van der Waals surface area contributed by atoms with Crippen LogP contribution in [0.5, 0.6) is 5.75 Å². The fourth-order valence-corrected chi connectivity index (χ4v) is 2.71. The fourth-order valence-electron chi connectivity index (χ4n) is 2.71. The van der Waals surface area contributed by atoms with Crippen molar-refractivity contribution in [3.63, 3.8) is 0 Å². The molecule has 134 valence electrons. The molecule has 1 aliphatic rings. The maximum atomic E-state index is 12.0. The van der Waals surface area contributed by atoms with E-state index in [9.17, 15) is 19.7 Å². The zero-order valence-electron chi connectivity index (χ0n) is 13.9. The van der Waals surface area contributed by atoms with Crippen molar-refractivity contribution in [2.75, 3.05) is 23.4 Å². The molecule has 8 nitrogen and oxygen atoms in total. The summed E-state index contributed by atoms with van der Waals surface area (Å²) >= 11 is 0. The number of rotatable bonds is 6. The summed E-state index contributed by atoms with van der Waals surface area (Å²) in [7, 11) is 0. The maximum Gasteiger partial charge on any atom is 0.271 e. The van der Waals surface area contributed by atoms with Gasteiger partial charge >= 0.3 is 0 Å². The third-order valence-corrected chi connectivity index (χ3v) is 3.91. The molecule has 0 aliphatic carbocycles. The highest BCUT2D eigenvalue weighted by Crippen LogP contribution is 2.25. The number of ether oxygens (including phenoxy) is 1. The third-order valence-electron chi connectivity index (χ3n) is 3.91. The van der Waals surface area contributed by atoms with Crippen LogP contribution in [-0.4, -0.2) is 29.9 Å². The number of amides is 2. The Labute approximate surface area is 149 Å². The third kappa shape index (κ3) is 4.15. The SMILES string of the molecule is O=C(COc1cccc(N2CCCC2=O)c1)Nc1cccc([N+](=O)[O-])c1. The molecule has 1 heterocycles. The van der Waals surface area contributed by atoms with Crippen molar-refractivity contribution in [3.8, 4) is 5.75 Å². The minimum Gasteiger partial charge on any atom is -0.484 e. The summed E-state index contributed by atoms with van der Waals surface area (Å²) in [6.45, 7) is 0.426. The van der Waals surface area contributed by atoms with E-state index >= 15 is 0 Å². The first-order chi connectivity index (χ1) is 12.5. The second-order valence-corrected chi connectivity index (χ2v) is 5.79. The van der Waals surface area contributed by atoms with Gasteiger partial charge in [-0.3, -0.25) is 19.7 Å². The van der Waals surface area contributed by atoms with Crippen LogP contribution in [0.2, 0.25) is 0 Å². The van der Waals surface area contributed by atoms with Crippen molar-refractivity contribution < 1.29 is 19.2 Å². The first kappa shape index (κ1) is 17.4. The molecule has 26 heavy (non-hydrogen) atoms. The molecule has 1 N–H and O–H groups in total. The quantitative estimate of drug-likeness (QED) is 0.634. The number of nitro benzene ring substituents is 1. The maximum absolute atomic E-state index is 12.0. The monoisotopic (exact) mass is 355 g/mol. The van der Waals surface area contributed by atoms with Crippen molar-refractivity contribution >= 4 is 28.9 Å². The van der Waals surface area contributed by atoms with Gasteiger partial charge < -0.3 is 15.0 Å². The number of non-ortho nitro benzene ring substituents is 1. The Kier molecular flexibility index (Phi) is 5.12. The molecule has 0 aromatic heterocycles. The topological polar surface area (TPSA) is 102 Å². The second-order valence-electron chi connectivity index (χ2n) is 5.79. The van der Waals surface area contributed by atoms with Crippen LogP contribution in [0, 0.1) is 10.1 Å². The standard InChI is InChI=1S/C18H17N3O5/c22-17(19-13-4-1-6-15(10-13)21(24)25)12-26-16-7-2-5-14(11-16)20-9-3-8-18(20)23/h1-2,4-7,10-11H,3,8-9,12H2,(H,19,22). The molecule has 1 aliphatic heterocycles. The number of nitrogens with one attached hydrogen (secondary N) is 1. The van der Waals surface area contributed by atoms with E-state index < -0.39 is 10.8 Å².